The van der Waals surface area contributed by atoms with Crippen LogP contribution in [0.1, 0.15) is 10.4 Å². The fourth-order valence-electron chi connectivity index (χ4n) is 1.59. The van der Waals surface area contributed by atoms with Gasteiger partial charge >= 0.3 is 5.97 Å². The Morgan fingerprint density at radius 1 is 1.40 bits per heavy atom. The lowest BCUT2D eigenvalue weighted by atomic mass is 9.98. The molecular weight excluding hydrogens is 189 g/mol. The molecule has 0 atom stereocenters. The molecule has 0 aliphatic heterocycles. The minimum Gasteiger partial charge on any atom is -0.465 e. The van der Waals surface area contributed by atoms with E-state index in [1.807, 2.05) is 32.1 Å². The molecule has 0 bridgehead atoms. The first kappa shape index (κ1) is 9.71. The predicted molar refractivity (Wildman–Crippen MR) is 61.3 cm³/mol. The highest BCUT2D eigenvalue weighted by atomic mass is 16.5. The molecule has 2 rings (SSSR count). The molecule has 0 saturated carbocycles. The van der Waals surface area contributed by atoms with Crippen LogP contribution in [0.3, 0.4) is 0 Å². The zero-order valence-corrected chi connectivity index (χ0v) is 8.65. The highest BCUT2D eigenvalue weighted by Gasteiger charge is 2.10. The van der Waals surface area contributed by atoms with E-state index in [1.54, 1.807) is 6.07 Å². The summed E-state index contributed by atoms with van der Waals surface area (Å²) in [6.07, 6.45) is 0. The van der Waals surface area contributed by atoms with Gasteiger partial charge in [-0.3, -0.25) is 4.98 Å². The molecule has 2 aromatic rings. The van der Waals surface area contributed by atoms with Crippen molar-refractivity contribution < 1.29 is 9.53 Å². The van der Waals surface area contributed by atoms with E-state index in [9.17, 15) is 4.79 Å². The van der Waals surface area contributed by atoms with E-state index < -0.39 is 0 Å². The summed E-state index contributed by atoms with van der Waals surface area (Å²) in [5.41, 5.74) is 2.20. The SMILES string of the molecule is Bc1cc(C(=O)OC)c2ccccc2n1. The summed E-state index contributed by atoms with van der Waals surface area (Å²) in [6, 6.07) is 9.28. The van der Waals surface area contributed by atoms with E-state index in [-0.39, 0.29) is 5.97 Å². The molecule has 0 amide bonds. The second kappa shape index (κ2) is 3.73. The summed E-state index contributed by atoms with van der Waals surface area (Å²) < 4.78 is 4.73. The summed E-state index contributed by atoms with van der Waals surface area (Å²) >= 11 is 0. The topological polar surface area (TPSA) is 39.2 Å². The van der Waals surface area contributed by atoms with E-state index in [4.69, 9.17) is 4.74 Å². The van der Waals surface area contributed by atoms with Crippen molar-refractivity contribution in [2.75, 3.05) is 7.11 Å². The first-order chi connectivity index (χ1) is 7.22. The molecule has 1 aromatic carbocycles. The Morgan fingerprint density at radius 3 is 2.87 bits per heavy atom. The van der Waals surface area contributed by atoms with Crippen molar-refractivity contribution >= 4 is 30.3 Å². The standard InChI is InChI=1S/C11H10BNO2/c1-15-11(14)8-6-10(12)13-9-5-3-2-4-7(8)9/h2-6H,12H2,1H3. The first-order valence-corrected chi connectivity index (χ1v) is 4.67. The van der Waals surface area contributed by atoms with Gasteiger partial charge in [0.1, 0.15) is 0 Å². The molecule has 0 unspecified atom stereocenters. The number of carbonyl (C=O) groups excluding carboxylic acids is 1. The van der Waals surface area contributed by atoms with Crippen molar-refractivity contribution in [2.24, 2.45) is 0 Å². The Labute approximate surface area is 88.5 Å². The van der Waals surface area contributed by atoms with Gasteiger partial charge in [0, 0.05) is 5.39 Å². The molecule has 0 spiro atoms. The van der Waals surface area contributed by atoms with Gasteiger partial charge in [-0.1, -0.05) is 18.2 Å². The van der Waals surface area contributed by atoms with Crippen LogP contribution in [0.4, 0.5) is 0 Å². The van der Waals surface area contributed by atoms with Crippen LogP contribution in [-0.2, 0) is 4.74 Å². The Balaban J connectivity index is 2.76. The number of rotatable bonds is 1. The maximum absolute atomic E-state index is 11.5. The molecule has 4 heteroatoms. The molecule has 1 aromatic heterocycles. The van der Waals surface area contributed by atoms with E-state index in [0.717, 1.165) is 16.5 Å². The minimum absolute atomic E-state index is 0.322. The number of pyridine rings is 1. The van der Waals surface area contributed by atoms with Crippen LogP contribution in [0, 0.1) is 0 Å². The first-order valence-electron chi connectivity index (χ1n) is 4.67. The number of aromatic nitrogens is 1. The fourth-order valence-corrected chi connectivity index (χ4v) is 1.59. The van der Waals surface area contributed by atoms with Crippen molar-refractivity contribution in [3.63, 3.8) is 0 Å². The van der Waals surface area contributed by atoms with Crippen molar-refractivity contribution in [3.8, 4) is 0 Å². The third-order valence-electron chi connectivity index (χ3n) is 2.25. The fraction of sp³-hybridized carbons (Fsp3) is 0.0909. The molecule has 1 heterocycles. The number of para-hydroxylation sites is 1. The van der Waals surface area contributed by atoms with Crippen LogP contribution in [0.15, 0.2) is 30.3 Å². The molecule has 0 radical (unpaired) electrons. The number of fused-ring (bicyclic) bond motifs is 1. The van der Waals surface area contributed by atoms with Crippen LogP contribution in [0.25, 0.3) is 10.9 Å². The average molecular weight is 199 g/mol. The van der Waals surface area contributed by atoms with Gasteiger partial charge in [0.05, 0.1) is 18.2 Å². The largest absolute Gasteiger partial charge is 0.465 e. The van der Waals surface area contributed by atoms with Crippen molar-refractivity contribution in [3.05, 3.63) is 35.9 Å². The molecule has 74 valence electrons. The summed E-state index contributed by atoms with van der Waals surface area (Å²) in [6.45, 7) is 0. The Hall–Kier alpha value is -1.84. The summed E-state index contributed by atoms with van der Waals surface area (Å²) in [5.74, 6) is -0.322. The number of hydrogen-bond acceptors (Lipinski definition) is 3. The molecule has 0 fully saturated rings. The number of methoxy groups -OCH3 is 1. The van der Waals surface area contributed by atoms with Crippen molar-refractivity contribution in [2.45, 2.75) is 0 Å². The van der Waals surface area contributed by atoms with Crippen molar-refractivity contribution in [1.82, 2.24) is 4.98 Å². The van der Waals surface area contributed by atoms with Gasteiger partial charge in [-0.2, -0.15) is 0 Å². The Bertz CT molecular complexity index is 525. The zero-order chi connectivity index (χ0) is 10.8. The third kappa shape index (κ3) is 1.70. The van der Waals surface area contributed by atoms with Crippen LogP contribution in [0.5, 0.6) is 0 Å². The third-order valence-corrected chi connectivity index (χ3v) is 2.25. The monoisotopic (exact) mass is 199 g/mol. The normalized spacial score (nSPS) is 10.2. The van der Waals surface area contributed by atoms with Crippen molar-refractivity contribution in [1.29, 1.82) is 0 Å². The second-order valence-corrected chi connectivity index (χ2v) is 3.32. The molecular formula is C11H10BNO2. The van der Waals surface area contributed by atoms with E-state index >= 15 is 0 Å². The maximum Gasteiger partial charge on any atom is 0.338 e. The molecule has 0 N–H and O–H groups in total. The number of hydrogen-bond donors (Lipinski definition) is 0. The molecule has 0 aliphatic rings. The quantitative estimate of drug-likeness (QED) is 0.489. The van der Waals surface area contributed by atoms with Crippen LogP contribution >= 0.6 is 0 Å². The predicted octanol–water partition coefficient (Wildman–Crippen LogP) is 0.280. The molecule has 0 aliphatic carbocycles. The number of esters is 1. The molecule has 15 heavy (non-hydrogen) atoms. The van der Waals surface area contributed by atoms with E-state index in [1.165, 1.54) is 7.11 Å². The lowest BCUT2D eigenvalue weighted by molar-refractivity contribution is 0.0603. The van der Waals surface area contributed by atoms with Crippen LogP contribution in [0.2, 0.25) is 0 Å². The lowest BCUT2D eigenvalue weighted by Gasteiger charge is -2.05. The summed E-state index contributed by atoms with van der Waals surface area (Å²) in [7, 11) is 3.24. The van der Waals surface area contributed by atoms with Gasteiger partial charge in [-0.05, 0) is 17.7 Å². The smallest absolute Gasteiger partial charge is 0.338 e. The second-order valence-electron chi connectivity index (χ2n) is 3.32. The highest BCUT2D eigenvalue weighted by Crippen LogP contribution is 2.15. The van der Waals surface area contributed by atoms with Gasteiger partial charge in [0.2, 0.25) is 0 Å². The number of benzene rings is 1. The zero-order valence-electron chi connectivity index (χ0n) is 8.65. The van der Waals surface area contributed by atoms with Gasteiger partial charge in [0.25, 0.3) is 0 Å². The number of nitrogens with zero attached hydrogens (tertiary/aromatic N) is 1. The van der Waals surface area contributed by atoms with Gasteiger partial charge in [-0.25, -0.2) is 4.79 Å². The van der Waals surface area contributed by atoms with Gasteiger partial charge < -0.3 is 4.74 Å². The summed E-state index contributed by atoms with van der Waals surface area (Å²) in [4.78, 5) is 15.9. The highest BCUT2D eigenvalue weighted by molar-refractivity contribution is 6.32. The van der Waals surface area contributed by atoms with E-state index in [2.05, 4.69) is 4.98 Å². The molecule has 3 nitrogen and oxygen atoms in total. The van der Waals surface area contributed by atoms with Gasteiger partial charge in [0.15, 0.2) is 7.85 Å². The Kier molecular flexibility index (Phi) is 2.41. The van der Waals surface area contributed by atoms with Gasteiger partial charge in [-0.15, -0.1) is 0 Å². The maximum atomic E-state index is 11.5. The minimum atomic E-state index is -0.322. The lowest BCUT2D eigenvalue weighted by Crippen LogP contribution is -2.13. The Morgan fingerprint density at radius 2 is 2.13 bits per heavy atom. The number of ether oxygens (including phenoxy) is 1. The van der Waals surface area contributed by atoms with Crippen LogP contribution < -0.4 is 5.59 Å². The average Bonchev–Trinajstić information content (AvgIpc) is 2.26. The molecule has 0 saturated heterocycles. The summed E-state index contributed by atoms with van der Waals surface area (Å²) in [5, 5.41) is 0.829. The number of carbonyl (C=O) groups is 1. The van der Waals surface area contributed by atoms with Crippen LogP contribution in [-0.4, -0.2) is 25.9 Å². The van der Waals surface area contributed by atoms with E-state index in [0.29, 0.717) is 5.56 Å².